The fourth-order valence-electron chi connectivity index (χ4n) is 3.11. The Hall–Kier alpha value is -2.11. The number of nitrogens with one attached hydrogen (secondary N) is 1. The number of benzene rings is 2. The summed E-state index contributed by atoms with van der Waals surface area (Å²) < 4.78 is 61.7. The number of amides is 1. The van der Waals surface area contributed by atoms with Gasteiger partial charge in [0, 0.05) is 30.7 Å². The van der Waals surface area contributed by atoms with Crippen LogP contribution in [0.5, 0.6) is 5.75 Å². The first-order chi connectivity index (χ1) is 14.6. The molecule has 1 aliphatic heterocycles. The summed E-state index contributed by atoms with van der Waals surface area (Å²) in [4.78, 5) is 15.3. The number of anilines is 1. The lowest BCUT2D eigenvalue weighted by atomic mass is 10.2. The summed E-state index contributed by atoms with van der Waals surface area (Å²) in [7, 11) is 1.43. The van der Waals surface area contributed by atoms with Crippen molar-refractivity contribution in [1.82, 2.24) is 10.2 Å². The number of carbonyl (C=O) groups is 1. The number of methoxy groups -OCH3 is 1. The van der Waals surface area contributed by atoms with Crippen LogP contribution in [0.15, 0.2) is 22.7 Å². The molecule has 166 valence electrons. The molecule has 5 nitrogen and oxygen atoms in total. The molecule has 0 aromatic heterocycles. The highest BCUT2D eigenvalue weighted by Gasteiger charge is 2.30. The van der Waals surface area contributed by atoms with Crippen molar-refractivity contribution < 1.29 is 27.1 Å². The maximum Gasteiger partial charge on any atom is 0.261 e. The van der Waals surface area contributed by atoms with Gasteiger partial charge in [-0.2, -0.15) is 0 Å². The predicted octanol–water partition coefficient (Wildman–Crippen LogP) is 4.50. The molecule has 1 fully saturated rings. The van der Waals surface area contributed by atoms with E-state index >= 15 is 0 Å². The van der Waals surface area contributed by atoms with Gasteiger partial charge in [0.1, 0.15) is 16.5 Å². The van der Waals surface area contributed by atoms with E-state index in [1.165, 1.54) is 7.11 Å². The number of piperazine rings is 1. The molecule has 0 aliphatic carbocycles. The largest absolute Gasteiger partial charge is 0.496 e. The van der Waals surface area contributed by atoms with Gasteiger partial charge >= 0.3 is 0 Å². The van der Waals surface area contributed by atoms with Crippen molar-refractivity contribution >= 4 is 56.5 Å². The molecule has 1 aliphatic rings. The SMILES string of the molecule is COc1ccc(Br)cc1C(=O)NC(=S)N1CCN(c2c(F)c(F)c(Cl)c(F)c2F)CC1. The summed E-state index contributed by atoms with van der Waals surface area (Å²) in [5, 5.41) is 1.45. The standard InChI is InChI=1S/C19H15BrClF4N3O2S/c1-30-11-3-2-9(20)8-10(11)18(29)26-19(31)28-6-4-27(5-7-28)17-15(24)13(22)12(21)14(23)16(17)25/h2-3,8H,4-7H2,1H3,(H,26,29,31). The van der Waals surface area contributed by atoms with Gasteiger partial charge in [0.15, 0.2) is 28.4 Å². The molecule has 2 aromatic rings. The first-order valence-corrected chi connectivity index (χ1v) is 10.4. The second-order valence-corrected chi connectivity index (χ2v) is 8.18. The lowest BCUT2D eigenvalue weighted by Gasteiger charge is -2.37. The molecular weight excluding hydrogens is 526 g/mol. The maximum absolute atomic E-state index is 14.2. The Bertz CT molecular complexity index is 1020. The lowest BCUT2D eigenvalue weighted by Crippen LogP contribution is -2.53. The Morgan fingerprint density at radius 3 is 2.23 bits per heavy atom. The molecule has 1 N–H and O–H groups in total. The Balaban J connectivity index is 1.69. The number of hydrogen-bond acceptors (Lipinski definition) is 4. The molecule has 1 saturated heterocycles. The maximum atomic E-state index is 14.2. The van der Waals surface area contributed by atoms with Gasteiger partial charge in [-0.3, -0.25) is 10.1 Å². The van der Waals surface area contributed by atoms with Crippen LogP contribution >= 0.6 is 39.7 Å². The summed E-state index contributed by atoms with van der Waals surface area (Å²) in [6.45, 7) is 0.314. The van der Waals surface area contributed by atoms with Crippen LogP contribution in [-0.4, -0.2) is 49.2 Å². The van der Waals surface area contributed by atoms with E-state index in [9.17, 15) is 22.4 Å². The number of carbonyl (C=O) groups excluding carboxylic acids is 1. The topological polar surface area (TPSA) is 44.8 Å². The van der Waals surface area contributed by atoms with Gasteiger partial charge in [0.2, 0.25) is 0 Å². The zero-order valence-electron chi connectivity index (χ0n) is 15.9. The molecular formula is C19H15BrClF4N3O2S. The predicted molar refractivity (Wildman–Crippen MR) is 116 cm³/mol. The number of rotatable bonds is 3. The van der Waals surface area contributed by atoms with Gasteiger partial charge in [-0.1, -0.05) is 27.5 Å². The molecule has 0 atom stereocenters. The van der Waals surface area contributed by atoms with Crippen molar-refractivity contribution in [3.05, 3.63) is 56.5 Å². The average Bonchev–Trinajstić information content (AvgIpc) is 2.76. The van der Waals surface area contributed by atoms with Crippen molar-refractivity contribution in [2.24, 2.45) is 0 Å². The summed E-state index contributed by atoms with van der Waals surface area (Å²) in [5.74, 6) is -6.56. The molecule has 0 bridgehead atoms. The van der Waals surface area contributed by atoms with E-state index < -0.39 is 39.9 Å². The van der Waals surface area contributed by atoms with Crippen LogP contribution in [0.4, 0.5) is 23.2 Å². The molecule has 0 radical (unpaired) electrons. The summed E-state index contributed by atoms with van der Waals surface area (Å²) in [5.41, 5.74) is -0.568. The van der Waals surface area contributed by atoms with Gasteiger partial charge < -0.3 is 14.5 Å². The van der Waals surface area contributed by atoms with Crippen LogP contribution < -0.4 is 15.0 Å². The molecule has 0 unspecified atom stereocenters. The van der Waals surface area contributed by atoms with Crippen LogP contribution in [0, 0.1) is 23.3 Å². The van der Waals surface area contributed by atoms with Crippen molar-refractivity contribution in [3.8, 4) is 5.75 Å². The van der Waals surface area contributed by atoms with Gasteiger partial charge in [0.05, 0.1) is 12.7 Å². The third kappa shape index (κ3) is 4.73. The second-order valence-electron chi connectivity index (χ2n) is 6.50. The number of ether oxygens (including phenoxy) is 1. The average molecular weight is 541 g/mol. The van der Waals surface area contributed by atoms with Crippen molar-refractivity contribution in [3.63, 3.8) is 0 Å². The third-order valence-electron chi connectivity index (χ3n) is 4.70. The molecule has 1 heterocycles. The highest BCUT2D eigenvalue weighted by molar-refractivity contribution is 9.10. The zero-order valence-corrected chi connectivity index (χ0v) is 19.1. The van der Waals surface area contributed by atoms with Crippen LogP contribution in [0.2, 0.25) is 5.02 Å². The molecule has 1 amide bonds. The third-order valence-corrected chi connectivity index (χ3v) is 5.88. The molecule has 12 heteroatoms. The van der Waals surface area contributed by atoms with Gasteiger partial charge in [-0.05, 0) is 30.4 Å². The van der Waals surface area contributed by atoms with Crippen molar-refractivity contribution in [2.75, 3.05) is 38.2 Å². The minimum Gasteiger partial charge on any atom is -0.496 e. The molecule has 2 aromatic carbocycles. The van der Waals surface area contributed by atoms with E-state index in [0.29, 0.717) is 10.2 Å². The number of nitrogens with zero attached hydrogens (tertiary/aromatic N) is 2. The van der Waals surface area contributed by atoms with Crippen molar-refractivity contribution in [1.29, 1.82) is 0 Å². The van der Waals surface area contributed by atoms with E-state index in [1.807, 2.05) is 0 Å². The first kappa shape index (κ1) is 23.6. The molecule has 31 heavy (non-hydrogen) atoms. The summed E-state index contributed by atoms with van der Waals surface area (Å²) in [6.07, 6.45) is 0. The minimum atomic E-state index is -1.65. The van der Waals surface area contributed by atoms with Gasteiger partial charge in [0.25, 0.3) is 5.91 Å². The van der Waals surface area contributed by atoms with Crippen LogP contribution in [0.3, 0.4) is 0 Å². The fourth-order valence-corrected chi connectivity index (χ4v) is 3.91. The van der Waals surface area contributed by atoms with Crippen LogP contribution in [0.1, 0.15) is 10.4 Å². The van der Waals surface area contributed by atoms with E-state index in [-0.39, 0.29) is 36.9 Å². The van der Waals surface area contributed by atoms with E-state index in [0.717, 1.165) is 4.90 Å². The molecule has 0 spiro atoms. The zero-order chi connectivity index (χ0) is 22.9. The van der Waals surface area contributed by atoms with E-state index in [2.05, 4.69) is 21.2 Å². The van der Waals surface area contributed by atoms with Gasteiger partial charge in [-0.15, -0.1) is 0 Å². The van der Waals surface area contributed by atoms with Gasteiger partial charge in [-0.25, -0.2) is 17.6 Å². The van der Waals surface area contributed by atoms with E-state index in [1.54, 1.807) is 23.1 Å². The first-order valence-electron chi connectivity index (χ1n) is 8.85. The van der Waals surface area contributed by atoms with Crippen LogP contribution in [-0.2, 0) is 0 Å². The number of thiocarbonyl (C=S) groups is 1. The summed E-state index contributed by atoms with van der Waals surface area (Å²) in [6, 6.07) is 4.91. The smallest absolute Gasteiger partial charge is 0.261 e. The quantitative estimate of drug-likeness (QED) is 0.269. The van der Waals surface area contributed by atoms with Crippen molar-refractivity contribution in [2.45, 2.75) is 0 Å². The lowest BCUT2D eigenvalue weighted by molar-refractivity contribution is 0.0970. The molecule has 3 rings (SSSR count). The fraction of sp³-hybridized carbons (Fsp3) is 0.263. The normalized spacial score (nSPS) is 13.9. The second kappa shape index (κ2) is 9.58. The Labute approximate surface area is 194 Å². The highest BCUT2D eigenvalue weighted by atomic mass is 79.9. The minimum absolute atomic E-state index is 0.00453. The Kier molecular flexibility index (Phi) is 7.28. The Morgan fingerprint density at radius 1 is 1.10 bits per heavy atom. The monoisotopic (exact) mass is 539 g/mol. The number of halogens is 6. The highest BCUT2D eigenvalue weighted by Crippen LogP contribution is 2.34. The van der Waals surface area contributed by atoms with E-state index in [4.69, 9.17) is 28.6 Å². The van der Waals surface area contributed by atoms with Crippen LogP contribution in [0.25, 0.3) is 0 Å². The summed E-state index contributed by atoms with van der Waals surface area (Å²) >= 11 is 13.8. The Morgan fingerprint density at radius 2 is 1.68 bits per heavy atom. The number of hydrogen-bond donors (Lipinski definition) is 1. The molecule has 0 saturated carbocycles.